The Morgan fingerprint density at radius 3 is 2.47 bits per heavy atom. The summed E-state index contributed by atoms with van der Waals surface area (Å²) in [7, 11) is 2.64. The molecule has 182 valence electrons. The molecule has 7 nitrogen and oxygen atoms in total. The Balaban J connectivity index is 2.29. The largest absolute Gasteiger partial charge is 0.345 e. The molecular formula is C24H28ClFN4O3S. The van der Waals surface area contributed by atoms with Crippen molar-refractivity contribution in [1.82, 2.24) is 18.6 Å². The Morgan fingerprint density at radius 2 is 1.85 bits per heavy atom. The van der Waals surface area contributed by atoms with Crippen molar-refractivity contribution < 1.29 is 17.6 Å². The fourth-order valence-corrected chi connectivity index (χ4v) is 4.85. The molecule has 0 atom stereocenters. The quantitative estimate of drug-likeness (QED) is 0.465. The molecule has 1 amide bonds. The number of nitrogens with zero attached hydrogens (tertiary/aromatic N) is 3. The van der Waals surface area contributed by atoms with E-state index in [1.807, 2.05) is 17.6 Å². The number of nitrogens with one attached hydrogen (secondary N) is 1. The minimum atomic E-state index is -3.65. The summed E-state index contributed by atoms with van der Waals surface area (Å²) < 4.78 is 43.0. The zero-order valence-electron chi connectivity index (χ0n) is 19.8. The molecule has 1 N–H and O–H groups in total. The molecule has 34 heavy (non-hydrogen) atoms. The molecule has 0 aliphatic heterocycles. The molecule has 1 aromatic heterocycles. The molecule has 0 spiro atoms. The predicted molar refractivity (Wildman–Crippen MR) is 134 cm³/mol. The zero-order valence-corrected chi connectivity index (χ0v) is 21.3. The number of carbonyl (C=O) groups excluding carboxylic acids is 1. The molecule has 0 bridgehead atoms. The second-order valence-corrected chi connectivity index (χ2v) is 10.7. The standard InChI is InChI=1S/C24H28ClFN4O3S/c1-16-23(17-7-6-8-20(13-17)34(32,33)29(4)5)21-14-18(24(31)28(2)3)9-10-22(21)30(16)15-19(26)11-12-27-25/h6-11,13-14,27H,12,15H2,1-5H3/b19-11-. The summed E-state index contributed by atoms with van der Waals surface area (Å²) in [6.07, 6.45) is 1.35. The summed E-state index contributed by atoms with van der Waals surface area (Å²) in [4.78, 5) is 16.6. The topological polar surface area (TPSA) is 74.7 Å². The lowest BCUT2D eigenvalue weighted by Gasteiger charge is -2.13. The molecule has 0 saturated heterocycles. The minimum Gasteiger partial charge on any atom is -0.345 e. The predicted octanol–water partition coefficient (Wildman–Crippen LogP) is 4.17. The SMILES string of the molecule is Cc1c(-c2cccc(S(=O)(=O)N(C)C)c2)c2cc(C(=O)N(C)C)ccc2n1C/C(F)=C/CNCl. The van der Waals surface area contributed by atoms with Crippen LogP contribution in [0.5, 0.6) is 0 Å². The van der Waals surface area contributed by atoms with Crippen LogP contribution in [-0.2, 0) is 16.6 Å². The number of carbonyl (C=O) groups is 1. The monoisotopic (exact) mass is 506 g/mol. The van der Waals surface area contributed by atoms with Crippen LogP contribution in [0.3, 0.4) is 0 Å². The third kappa shape index (κ3) is 5.02. The van der Waals surface area contributed by atoms with Gasteiger partial charge in [-0.05, 0) is 60.7 Å². The molecular weight excluding hydrogens is 479 g/mol. The van der Waals surface area contributed by atoms with Crippen LogP contribution < -0.4 is 4.84 Å². The number of amides is 1. The number of hydrogen-bond donors (Lipinski definition) is 1. The van der Waals surface area contributed by atoms with Crippen LogP contribution in [0.2, 0.25) is 0 Å². The van der Waals surface area contributed by atoms with Gasteiger partial charge in [0.15, 0.2) is 0 Å². The van der Waals surface area contributed by atoms with Gasteiger partial charge >= 0.3 is 0 Å². The zero-order chi connectivity index (χ0) is 25.2. The second-order valence-electron chi connectivity index (χ2n) is 8.28. The molecule has 2 aromatic carbocycles. The molecule has 0 saturated carbocycles. The van der Waals surface area contributed by atoms with E-state index in [0.717, 1.165) is 26.5 Å². The summed E-state index contributed by atoms with van der Waals surface area (Å²) in [5, 5.41) is 0.730. The van der Waals surface area contributed by atoms with Gasteiger partial charge in [0, 0.05) is 62.5 Å². The molecule has 3 aromatic rings. The Hall–Kier alpha value is -2.72. The van der Waals surface area contributed by atoms with Crippen LogP contribution in [0.4, 0.5) is 4.39 Å². The second kappa shape index (κ2) is 10.3. The maximum atomic E-state index is 14.6. The molecule has 10 heteroatoms. The Labute approximate surface area is 204 Å². The summed E-state index contributed by atoms with van der Waals surface area (Å²) in [6.45, 7) is 1.99. The van der Waals surface area contributed by atoms with Gasteiger partial charge in [-0.1, -0.05) is 12.1 Å². The van der Waals surface area contributed by atoms with Gasteiger partial charge in [0.25, 0.3) is 5.91 Å². The van der Waals surface area contributed by atoms with Crippen molar-refractivity contribution in [3.63, 3.8) is 0 Å². The lowest BCUT2D eigenvalue weighted by molar-refractivity contribution is 0.0827. The summed E-state index contributed by atoms with van der Waals surface area (Å²) >= 11 is 5.45. The highest BCUT2D eigenvalue weighted by Gasteiger charge is 2.22. The molecule has 0 fully saturated rings. The minimum absolute atomic E-state index is 0.0302. The van der Waals surface area contributed by atoms with Crippen LogP contribution in [0.15, 0.2) is 59.3 Å². The van der Waals surface area contributed by atoms with Crippen LogP contribution >= 0.6 is 11.8 Å². The number of benzene rings is 2. The van der Waals surface area contributed by atoms with Gasteiger partial charge in [0.2, 0.25) is 10.0 Å². The van der Waals surface area contributed by atoms with E-state index in [1.54, 1.807) is 44.4 Å². The van der Waals surface area contributed by atoms with Gasteiger partial charge < -0.3 is 9.47 Å². The molecule has 0 unspecified atom stereocenters. The van der Waals surface area contributed by atoms with E-state index >= 15 is 0 Å². The Bertz CT molecular complexity index is 1360. The van der Waals surface area contributed by atoms with Gasteiger partial charge in [-0.2, -0.15) is 0 Å². The molecule has 0 aliphatic rings. The number of rotatable bonds is 8. The Morgan fingerprint density at radius 1 is 1.15 bits per heavy atom. The van der Waals surface area contributed by atoms with Gasteiger partial charge in [0.05, 0.1) is 11.4 Å². The number of fused-ring (bicyclic) bond motifs is 1. The smallest absolute Gasteiger partial charge is 0.253 e. The van der Waals surface area contributed by atoms with Gasteiger partial charge in [-0.3, -0.25) is 4.79 Å². The molecule has 0 aliphatic carbocycles. The summed E-state index contributed by atoms with van der Waals surface area (Å²) in [5.41, 5.74) is 3.35. The molecule has 0 radical (unpaired) electrons. The Kier molecular flexibility index (Phi) is 7.82. The van der Waals surface area contributed by atoms with Crippen molar-refractivity contribution in [2.24, 2.45) is 0 Å². The number of hydrogen-bond acceptors (Lipinski definition) is 4. The average Bonchev–Trinajstić information content (AvgIpc) is 3.07. The van der Waals surface area contributed by atoms with E-state index in [0.29, 0.717) is 11.1 Å². The first-order valence-electron chi connectivity index (χ1n) is 10.5. The number of allylic oxidation sites excluding steroid dienone is 1. The molecule has 3 rings (SSSR count). The van der Waals surface area contributed by atoms with E-state index in [4.69, 9.17) is 11.8 Å². The molecule has 1 heterocycles. The van der Waals surface area contributed by atoms with E-state index in [2.05, 4.69) is 4.84 Å². The lowest BCUT2D eigenvalue weighted by Crippen LogP contribution is -2.22. The van der Waals surface area contributed by atoms with E-state index in [1.165, 1.54) is 31.1 Å². The summed E-state index contributed by atoms with van der Waals surface area (Å²) in [5.74, 6) is -0.543. The van der Waals surface area contributed by atoms with Crippen LogP contribution in [0.25, 0.3) is 22.0 Å². The third-order valence-electron chi connectivity index (χ3n) is 5.59. The van der Waals surface area contributed by atoms with Gasteiger partial charge in [-0.25, -0.2) is 21.9 Å². The van der Waals surface area contributed by atoms with E-state index in [-0.39, 0.29) is 29.7 Å². The highest BCUT2D eigenvalue weighted by molar-refractivity contribution is 7.89. The van der Waals surface area contributed by atoms with Crippen LogP contribution in [0.1, 0.15) is 16.1 Å². The first-order chi connectivity index (χ1) is 16.0. The normalized spacial score (nSPS) is 12.5. The highest BCUT2D eigenvalue weighted by Crippen LogP contribution is 2.37. The van der Waals surface area contributed by atoms with Crippen molar-refractivity contribution >= 4 is 38.6 Å². The van der Waals surface area contributed by atoms with Crippen molar-refractivity contribution in [2.75, 3.05) is 34.7 Å². The van der Waals surface area contributed by atoms with Gasteiger partial charge in [-0.15, -0.1) is 0 Å². The lowest BCUT2D eigenvalue weighted by atomic mass is 10.0. The van der Waals surface area contributed by atoms with Gasteiger partial charge in [0.1, 0.15) is 5.83 Å². The average molecular weight is 507 g/mol. The maximum Gasteiger partial charge on any atom is 0.253 e. The maximum absolute atomic E-state index is 14.6. The number of sulfonamides is 1. The first kappa shape index (κ1) is 25.9. The third-order valence-corrected chi connectivity index (χ3v) is 7.55. The van der Waals surface area contributed by atoms with Crippen molar-refractivity contribution in [3.05, 3.63) is 65.6 Å². The number of halogens is 2. The van der Waals surface area contributed by atoms with Crippen LogP contribution in [0, 0.1) is 6.92 Å². The van der Waals surface area contributed by atoms with E-state index in [9.17, 15) is 17.6 Å². The number of aromatic nitrogens is 1. The van der Waals surface area contributed by atoms with Crippen molar-refractivity contribution in [3.8, 4) is 11.1 Å². The fraction of sp³-hybridized carbons (Fsp3) is 0.292. The highest BCUT2D eigenvalue weighted by atomic mass is 35.5. The van der Waals surface area contributed by atoms with Crippen molar-refractivity contribution in [1.29, 1.82) is 0 Å². The van der Waals surface area contributed by atoms with E-state index < -0.39 is 10.0 Å². The summed E-state index contributed by atoms with van der Waals surface area (Å²) in [6, 6.07) is 11.9. The van der Waals surface area contributed by atoms with Crippen LogP contribution in [-0.4, -0.2) is 62.8 Å². The van der Waals surface area contributed by atoms with Crippen molar-refractivity contribution in [2.45, 2.75) is 18.4 Å². The first-order valence-corrected chi connectivity index (χ1v) is 12.4. The fourth-order valence-electron chi connectivity index (χ4n) is 3.83.